The number of ether oxygens (including phenoxy) is 1. The summed E-state index contributed by atoms with van der Waals surface area (Å²) >= 11 is 8.05. The standard InChI is InChI=1S/C17H17ClOS/c1-2-12-9-14(7-8-16(12)18)19-10-13-11-20-17-6-4-3-5-15(13)17/h3-9,13H,2,10-11H2,1H3. The van der Waals surface area contributed by atoms with E-state index >= 15 is 0 Å². The maximum Gasteiger partial charge on any atom is 0.119 e. The average Bonchev–Trinajstić information content (AvgIpc) is 2.90. The minimum atomic E-state index is 0.483. The second-order valence-electron chi connectivity index (χ2n) is 4.96. The maximum atomic E-state index is 6.13. The number of fused-ring (bicyclic) bond motifs is 1. The second kappa shape index (κ2) is 6.11. The molecule has 0 saturated heterocycles. The summed E-state index contributed by atoms with van der Waals surface area (Å²) in [5.74, 6) is 2.51. The van der Waals surface area contributed by atoms with Gasteiger partial charge in [0.2, 0.25) is 0 Å². The summed E-state index contributed by atoms with van der Waals surface area (Å²) in [4.78, 5) is 1.39. The SMILES string of the molecule is CCc1cc(OCC2CSc3ccccc32)ccc1Cl. The van der Waals surface area contributed by atoms with Crippen LogP contribution in [0.4, 0.5) is 0 Å². The lowest BCUT2D eigenvalue weighted by atomic mass is 10.0. The predicted molar refractivity (Wildman–Crippen MR) is 86.2 cm³/mol. The van der Waals surface area contributed by atoms with E-state index in [1.165, 1.54) is 10.5 Å². The molecule has 1 heterocycles. The normalized spacial score (nSPS) is 17.0. The summed E-state index contributed by atoms with van der Waals surface area (Å²) < 4.78 is 5.97. The smallest absolute Gasteiger partial charge is 0.119 e. The van der Waals surface area contributed by atoms with E-state index in [1.807, 2.05) is 23.9 Å². The molecule has 0 amide bonds. The average molecular weight is 305 g/mol. The van der Waals surface area contributed by atoms with E-state index in [4.69, 9.17) is 16.3 Å². The van der Waals surface area contributed by atoms with Gasteiger partial charge in [0.1, 0.15) is 5.75 Å². The number of aryl methyl sites for hydroxylation is 1. The first-order valence-electron chi connectivity index (χ1n) is 6.91. The van der Waals surface area contributed by atoms with E-state index in [0.717, 1.165) is 35.1 Å². The molecule has 0 fully saturated rings. The van der Waals surface area contributed by atoms with Gasteiger partial charge in [-0.05, 0) is 41.8 Å². The highest BCUT2D eigenvalue weighted by Gasteiger charge is 2.23. The highest BCUT2D eigenvalue weighted by atomic mass is 35.5. The van der Waals surface area contributed by atoms with Gasteiger partial charge in [0.05, 0.1) is 6.61 Å². The van der Waals surface area contributed by atoms with E-state index in [1.54, 1.807) is 0 Å². The van der Waals surface area contributed by atoms with Crippen LogP contribution in [0, 0.1) is 0 Å². The third-order valence-corrected chi connectivity index (χ3v) is 5.27. The molecule has 1 aliphatic rings. The first-order chi connectivity index (χ1) is 9.78. The summed E-state index contributed by atoms with van der Waals surface area (Å²) in [5, 5.41) is 0.821. The number of hydrogen-bond donors (Lipinski definition) is 0. The molecule has 0 aromatic heterocycles. The minimum Gasteiger partial charge on any atom is -0.493 e. The molecule has 0 aliphatic carbocycles. The van der Waals surface area contributed by atoms with Gasteiger partial charge in [0.15, 0.2) is 0 Å². The van der Waals surface area contributed by atoms with Crippen LogP contribution in [-0.2, 0) is 6.42 Å². The topological polar surface area (TPSA) is 9.23 Å². The highest BCUT2D eigenvalue weighted by molar-refractivity contribution is 7.99. The Labute approximate surface area is 129 Å². The zero-order valence-electron chi connectivity index (χ0n) is 11.4. The Morgan fingerprint density at radius 1 is 1.25 bits per heavy atom. The van der Waals surface area contributed by atoms with Crippen LogP contribution in [-0.4, -0.2) is 12.4 Å². The van der Waals surface area contributed by atoms with Gasteiger partial charge in [0, 0.05) is 21.6 Å². The van der Waals surface area contributed by atoms with E-state index in [0.29, 0.717) is 5.92 Å². The zero-order chi connectivity index (χ0) is 13.9. The van der Waals surface area contributed by atoms with Gasteiger partial charge in [-0.3, -0.25) is 0 Å². The first kappa shape index (κ1) is 13.8. The summed E-state index contributed by atoms with van der Waals surface area (Å²) in [6, 6.07) is 14.5. The van der Waals surface area contributed by atoms with Gasteiger partial charge < -0.3 is 4.74 Å². The number of benzene rings is 2. The molecule has 3 rings (SSSR count). The third kappa shape index (κ3) is 2.82. The lowest BCUT2D eigenvalue weighted by Crippen LogP contribution is -2.09. The molecule has 2 aromatic rings. The maximum absolute atomic E-state index is 6.13. The lowest BCUT2D eigenvalue weighted by Gasteiger charge is -2.13. The fourth-order valence-corrected chi connectivity index (χ4v) is 3.96. The number of hydrogen-bond acceptors (Lipinski definition) is 2. The molecular weight excluding hydrogens is 288 g/mol. The van der Waals surface area contributed by atoms with Crippen LogP contribution in [0.1, 0.15) is 24.0 Å². The molecule has 0 bridgehead atoms. The van der Waals surface area contributed by atoms with E-state index < -0.39 is 0 Å². The van der Waals surface area contributed by atoms with Crippen molar-refractivity contribution in [1.82, 2.24) is 0 Å². The van der Waals surface area contributed by atoms with Gasteiger partial charge in [-0.25, -0.2) is 0 Å². The summed E-state index contributed by atoms with van der Waals surface area (Å²) in [5.41, 5.74) is 2.56. The molecule has 1 nitrogen and oxygen atoms in total. The minimum absolute atomic E-state index is 0.483. The number of rotatable bonds is 4. The van der Waals surface area contributed by atoms with Crippen LogP contribution >= 0.6 is 23.4 Å². The van der Waals surface area contributed by atoms with Crippen molar-refractivity contribution in [2.24, 2.45) is 0 Å². The van der Waals surface area contributed by atoms with Crippen molar-refractivity contribution in [1.29, 1.82) is 0 Å². The Hall–Kier alpha value is -1.12. The Bertz CT molecular complexity index is 612. The van der Waals surface area contributed by atoms with Crippen molar-refractivity contribution in [2.75, 3.05) is 12.4 Å². The fraction of sp³-hybridized carbons (Fsp3) is 0.294. The Kier molecular flexibility index (Phi) is 4.23. The van der Waals surface area contributed by atoms with Crippen molar-refractivity contribution in [2.45, 2.75) is 24.2 Å². The van der Waals surface area contributed by atoms with Crippen LogP contribution in [0.2, 0.25) is 5.02 Å². The largest absolute Gasteiger partial charge is 0.493 e. The van der Waals surface area contributed by atoms with Crippen LogP contribution in [0.5, 0.6) is 5.75 Å². The van der Waals surface area contributed by atoms with Crippen LogP contribution in [0.3, 0.4) is 0 Å². The predicted octanol–water partition coefficient (Wildman–Crippen LogP) is 5.17. The quantitative estimate of drug-likeness (QED) is 0.770. The van der Waals surface area contributed by atoms with Gasteiger partial charge >= 0.3 is 0 Å². The Morgan fingerprint density at radius 3 is 2.95 bits per heavy atom. The summed E-state index contributed by atoms with van der Waals surface area (Å²) in [7, 11) is 0. The molecule has 0 radical (unpaired) electrons. The summed E-state index contributed by atoms with van der Waals surface area (Å²) in [6.45, 7) is 2.84. The Balaban J connectivity index is 1.69. The molecule has 104 valence electrons. The van der Waals surface area contributed by atoms with Gasteiger partial charge in [0.25, 0.3) is 0 Å². The van der Waals surface area contributed by atoms with Gasteiger partial charge in [-0.1, -0.05) is 36.7 Å². The molecule has 20 heavy (non-hydrogen) atoms. The fourth-order valence-electron chi connectivity index (χ4n) is 2.48. The second-order valence-corrected chi connectivity index (χ2v) is 6.43. The van der Waals surface area contributed by atoms with E-state index in [9.17, 15) is 0 Å². The molecule has 1 unspecified atom stereocenters. The lowest BCUT2D eigenvalue weighted by molar-refractivity contribution is 0.298. The van der Waals surface area contributed by atoms with Crippen LogP contribution in [0.15, 0.2) is 47.4 Å². The van der Waals surface area contributed by atoms with Crippen molar-refractivity contribution in [3.8, 4) is 5.75 Å². The molecule has 2 aromatic carbocycles. The number of halogens is 1. The third-order valence-electron chi connectivity index (χ3n) is 3.65. The van der Waals surface area contributed by atoms with Crippen LogP contribution in [0.25, 0.3) is 0 Å². The van der Waals surface area contributed by atoms with E-state index in [-0.39, 0.29) is 0 Å². The van der Waals surface area contributed by atoms with Crippen molar-refractivity contribution in [3.05, 3.63) is 58.6 Å². The zero-order valence-corrected chi connectivity index (χ0v) is 13.0. The van der Waals surface area contributed by atoms with Crippen molar-refractivity contribution < 1.29 is 4.74 Å². The van der Waals surface area contributed by atoms with Gasteiger partial charge in [-0.2, -0.15) is 0 Å². The molecule has 1 aliphatic heterocycles. The van der Waals surface area contributed by atoms with Crippen LogP contribution < -0.4 is 4.74 Å². The molecule has 3 heteroatoms. The van der Waals surface area contributed by atoms with Crippen molar-refractivity contribution >= 4 is 23.4 Å². The molecular formula is C17H17ClOS. The van der Waals surface area contributed by atoms with E-state index in [2.05, 4.69) is 37.3 Å². The molecule has 0 saturated carbocycles. The summed E-state index contributed by atoms with van der Waals surface area (Å²) in [6.07, 6.45) is 0.929. The van der Waals surface area contributed by atoms with Crippen molar-refractivity contribution in [3.63, 3.8) is 0 Å². The molecule has 0 N–H and O–H groups in total. The highest BCUT2D eigenvalue weighted by Crippen LogP contribution is 2.39. The number of thioether (sulfide) groups is 1. The molecule has 0 spiro atoms. The van der Waals surface area contributed by atoms with Gasteiger partial charge in [-0.15, -0.1) is 11.8 Å². The first-order valence-corrected chi connectivity index (χ1v) is 8.27. The Morgan fingerprint density at radius 2 is 2.10 bits per heavy atom. The molecule has 1 atom stereocenters. The monoisotopic (exact) mass is 304 g/mol.